The smallest absolute Gasteiger partial charge is 0.259 e. The highest BCUT2D eigenvalue weighted by molar-refractivity contribution is 7.89. The van der Waals surface area contributed by atoms with Crippen molar-refractivity contribution in [2.24, 2.45) is 0 Å². The van der Waals surface area contributed by atoms with Gasteiger partial charge in [-0.2, -0.15) is 0 Å². The van der Waals surface area contributed by atoms with E-state index in [9.17, 15) is 8.42 Å². The van der Waals surface area contributed by atoms with Crippen LogP contribution >= 0.6 is 0 Å². The van der Waals surface area contributed by atoms with Crippen LogP contribution in [0.2, 0.25) is 0 Å². The molecule has 3 aromatic rings. The first-order valence-electron chi connectivity index (χ1n) is 10.5. The molecule has 0 amide bonds. The van der Waals surface area contributed by atoms with Crippen molar-refractivity contribution < 1.29 is 8.42 Å². The topological polar surface area (TPSA) is 37.4 Å². The van der Waals surface area contributed by atoms with Crippen molar-refractivity contribution in [3.8, 4) is 11.8 Å². The number of benzene rings is 3. The second-order valence-electron chi connectivity index (χ2n) is 7.60. The molecule has 0 N–H and O–H groups in total. The van der Waals surface area contributed by atoms with E-state index in [2.05, 4.69) is 18.4 Å². The minimum atomic E-state index is -3.74. The molecule has 0 unspecified atom stereocenters. The van der Waals surface area contributed by atoms with Gasteiger partial charge in [0.25, 0.3) is 10.0 Å². The monoisotopic (exact) mass is 427 g/mol. The summed E-state index contributed by atoms with van der Waals surface area (Å²) in [6.45, 7) is 4.29. The standard InChI is InChI=1S/C27H25NO2S/c1-2-10-24-14-8-9-20-28(27(24)19-16-22-11-4-3-5-12-22)31(29,30)26-18-17-23-13-6-7-15-25(23)21-26/h2-7,11-13,15,17-18,21H,1,8-10,14,20H2. The molecule has 0 saturated heterocycles. The van der Waals surface area contributed by atoms with Crippen LogP contribution in [0, 0.1) is 11.8 Å². The number of hydrogen-bond donors (Lipinski definition) is 0. The lowest BCUT2D eigenvalue weighted by atomic mass is 10.0. The molecule has 0 saturated carbocycles. The normalized spacial score (nSPS) is 14.6. The molecule has 1 aliphatic rings. The molecule has 4 rings (SSSR count). The first kappa shape index (κ1) is 21.0. The fourth-order valence-corrected chi connectivity index (χ4v) is 5.43. The van der Waals surface area contributed by atoms with E-state index in [4.69, 9.17) is 0 Å². The first-order chi connectivity index (χ1) is 15.1. The molecule has 0 aliphatic carbocycles. The summed E-state index contributed by atoms with van der Waals surface area (Å²) in [7, 11) is -3.74. The van der Waals surface area contributed by atoms with E-state index in [1.54, 1.807) is 12.1 Å². The van der Waals surface area contributed by atoms with Crippen LogP contribution in [-0.4, -0.2) is 19.3 Å². The van der Waals surface area contributed by atoms with E-state index in [1.165, 1.54) is 4.31 Å². The number of fused-ring (bicyclic) bond motifs is 1. The first-order valence-corrected chi connectivity index (χ1v) is 11.9. The molecule has 1 aliphatic heterocycles. The number of hydrogen-bond acceptors (Lipinski definition) is 2. The lowest BCUT2D eigenvalue weighted by molar-refractivity contribution is 0.480. The molecule has 0 atom stereocenters. The summed E-state index contributed by atoms with van der Waals surface area (Å²) in [5.74, 6) is 6.37. The van der Waals surface area contributed by atoms with Crippen molar-refractivity contribution in [2.75, 3.05) is 6.54 Å². The van der Waals surface area contributed by atoms with E-state index in [0.717, 1.165) is 41.2 Å². The van der Waals surface area contributed by atoms with Crippen molar-refractivity contribution in [1.82, 2.24) is 4.31 Å². The number of rotatable bonds is 4. The second kappa shape index (κ2) is 9.24. The summed E-state index contributed by atoms with van der Waals surface area (Å²) in [5.41, 5.74) is 2.48. The number of allylic oxidation sites excluding steroid dienone is 3. The van der Waals surface area contributed by atoms with Gasteiger partial charge in [0, 0.05) is 12.1 Å². The Morgan fingerprint density at radius 2 is 1.65 bits per heavy atom. The summed E-state index contributed by atoms with van der Waals surface area (Å²) in [6, 6.07) is 22.8. The van der Waals surface area contributed by atoms with Crippen LogP contribution in [0.25, 0.3) is 10.8 Å². The third-order valence-electron chi connectivity index (χ3n) is 5.47. The van der Waals surface area contributed by atoms with E-state index in [-0.39, 0.29) is 0 Å². The van der Waals surface area contributed by atoms with Crippen molar-refractivity contribution in [1.29, 1.82) is 0 Å². The van der Waals surface area contributed by atoms with Crippen LogP contribution in [0.3, 0.4) is 0 Å². The maximum absolute atomic E-state index is 13.8. The maximum Gasteiger partial charge on any atom is 0.264 e. The molecular formula is C27H25NO2S. The molecule has 1 heterocycles. The van der Waals surface area contributed by atoms with Crippen LogP contribution in [-0.2, 0) is 10.0 Å². The summed E-state index contributed by atoms with van der Waals surface area (Å²) in [4.78, 5) is 0.296. The minimum absolute atomic E-state index is 0.296. The quantitative estimate of drug-likeness (QED) is 0.384. The van der Waals surface area contributed by atoms with E-state index in [0.29, 0.717) is 23.6 Å². The zero-order valence-electron chi connectivity index (χ0n) is 17.4. The minimum Gasteiger partial charge on any atom is -0.259 e. The van der Waals surface area contributed by atoms with Gasteiger partial charge in [-0.15, -0.1) is 6.58 Å². The Kier molecular flexibility index (Phi) is 6.25. The van der Waals surface area contributed by atoms with Gasteiger partial charge in [-0.1, -0.05) is 60.5 Å². The molecule has 0 bridgehead atoms. The Hall–Kier alpha value is -3.29. The van der Waals surface area contributed by atoms with E-state index < -0.39 is 10.0 Å². The predicted molar refractivity (Wildman–Crippen MR) is 127 cm³/mol. The molecule has 3 aromatic carbocycles. The molecule has 31 heavy (non-hydrogen) atoms. The highest BCUT2D eigenvalue weighted by atomic mass is 32.2. The van der Waals surface area contributed by atoms with Gasteiger partial charge < -0.3 is 0 Å². The summed E-state index contributed by atoms with van der Waals surface area (Å²) in [6.07, 6.45) is 5.01. The molecule has 4 heteroatoms. The van der Waals surface area contributed by atoms with Crippen molar-refractivity contribution in [3.05, 3.63) is 102 Å². The Bertz CT molecular complexity index is 1300. The summed E-state index contributed by atoms with van der Waals surface area (Å²) in [5, 5.41) is 1.93. The largest absolute Gasteiger partial charge is 0.264 e. The van der Waals surface area contributed by atoms with Crippen LogP contribution in [0.4, 0.5) is 0 Å². The molecule has 0 radical (unpaired) electrons. The Labute approximate surface area is 184 Å². The third-order valence-corrected chi connectivity index (χ3v) is 7.27. The van der Waals surface area contributed by atoms with Gasteiger partial charge in [-0.05, 0) is 72.2 Å². The fraction of sp³-hybridized carbons (Fsp3) is 0.185. The van der Waals surface area contributed by atoms with Crippen molar-refractivity contribution >= 4 is 20.8 Å². The Morgan fingerprint density at radius 1 is 0.903 bits per heavy atom. The SMILES string of the molecule is C=CCC1=C(C#Cc2ccccc2)N(S(=O)(=O)c2ccc3ccccc3c2)CCCC1. The lowest BCUT2D eigenvalue weighted by Gasteiger charge is -2.24. The zero-order valence-corrected chi connectivity index (χ0v) is 18.2. The van der Waals surface area contributed by atoms with Gasteiger partial charge in [0.05, 0.1) is 4.90 Å². The Morgan fingerprint density at radius 3 is 2.42 bits per heavy atom. The van der Waals surface area contributed by atoms with Gasteiger partial charge in [-0.3, -0.25) is 4.31 Å². The average Bonchev–Trinajstić information content (AvgIpc) is 3.01. The third kappa shape index (κ3) is 4.57. The number of sulfonamides is 1. The van der Waals surface area contributed by atoms with Crippen molar-refractivity contribution in [2.45, 2.75) is 30.6 Å². The molecule has 0 aromatic heterocycles. The molecule has 156 valence electrons. The van der Waals surface area contributed by atoms with Gasteiger partial charge in [0.15, 0.2) is 0 Å². The highest BCUT2D eigenvalue weighted by Gasteiger charge is 2.29. The van der Waals surface area contributed by atoms with Gasteiger partial charge in [0.1, 0.15) is 5.70 Å². The van der Waals surface area contributed by atoms with Crippen LogP contribution < -0.4 is 0 Å². The molecule has 0 spiro atoms. The maximum atomic E-state index is 13.8. The van der Waals surface area contributed by atoms with Crippen LogP contribution in [0.5, 0.6) is 0 Å². The number of nitrogens with zero attached hydrogens (tertiary/aromatic N) is 1. The summed E-state index contributed by atoms with van der Waals surface area (Å²) < 4.78 is 29.0. The van der Waals surface area contributed by atoms with Crippen LogP contribution in [0.15, 0.2) is 102 Å². The molecular weight excluding hydrogens is 402 g/mol. The van der Waals surface area contributed by atoms with E-state index in [1.807, 2.05) is 66.7 Å². The highest BCUT2D eigenvalue weighted by Crippen LogP contribution is 2.30. The van der Waals surface area contributed by atoms with Crippen molar-refractivity contribution in [3.63, 3.8) is 0 Å². The van der Waals surface area contributed by atoms with Crippen LogP contribution in [0.1, 0.15) is 31.2 Å². The van der Waals surface area contributed by atoms with Gasteiger partial charge in [0.2, 0.25) is 0 Å². The summed E-state index contributed by atoms with van der Waals surface area (Å²) >= 11 is 0. The predicted octanol–water partition coefficient (Wildman–Crippen LogP) is 5.90. The fourth-order valence-electron chi connectivity index (χ4n) is 3.87. The second-order valence-corrected chi connectivity index (χ2v) is 9.47. The Balaban J connectivity index is 1.83. The van der Waals surface area contributed by atoms with Gasteiger partial charge >= 0.3 is 0 Å². The zero-order chi connectivity index (χ0) is 21.7. The molecule has 0 fully saturated rings. The lowest BCUT2D eigenvalue weighted by Crippen LogP contribution is -2.31. The average molecular weight is 428 g/mol. The molecule has 3 nitrogen and oxygen atoms in total. The van der Waals surface area contributed by atoms with E-state index >= 15 is 0 Å². The van der Waals surface area contributed by atoms with Gasteiger partial charge in [-0.25, -0.2) is 8.42 Å².